The fourth-order valence-corrected chi connectivity index (χ4v) is 1.91. The summed E-state index contributed by atoms with van der Waals surface area (Å²) in [7, 11) is 0. The quantitative estimate of drug-likeness (QED) is 0.883. The number of furan rings is 1. The number of nitrogens with one attached hydrogen (secondary N) is 1. The van der Waals surface area contributed by atoms with Crippen LogP contribution in [0.15, 0.2) is 15.0 Å². The first-order valence-corrected chi connectivity index (χ1v) is 5.93. The number of amides is 1. The third-order valence-electron chi connectivity index (χ3n) is 2.88. The summed E-state index contributed by atoms with van der Waals surface area (Å²) in [4.78, 5) is 22.9. The number of carboxylic acids is 1. The highest BCUT2D eigenvalue weighted by Crippen LogP contribution is 2.15. The van der Waals surface area contributed by atoms with Crippen LogP contribution in [0.2, 0.25) is 0 Å². The van der Waals surface area contributed by atoms with E-state index in [-0.39, 0.29) is 18.0 Å². The zero-order valence-corrected chi connectivity index (χ0v) is 11.3. The number of carboxylic acid groups (broad SMARTS) is 1. The fraction of sp³-hybridized carbons (Fsp3) is 0.308. The van der Waals surface area contributed by atoms with Crippen molar-refractivity contribution in [3.63, 3.8) is 0 Å². The Morgan fingerprint density at radius 1 is 1.30 bits per heavy atom. The molecule has 2 N–H and O–H groups in total. The molecule has 106 valence electrons. The molecule has 7 heteroatoms. The Kier molecular flexibility index (Phi) is 3.60. The molecule has 0 aliphatic heterocycles. The maximum Gasteiger partial charge on any atom is 0.339 e. The average molecular weight is 278 g/mol. The summed E-state index contributed by atoms with van der Waals surface area (Å²) in [6.07, 6.45) is 0. The van der Waals surface area contributed by atoms with Crippen molar-refractivity contribution in [3.05, 3.63) is 40.2 Å². The lowest BCUT2D eigenvalue weighted by Crippen LogP contribution is -2.23. The summed E-state index contributed by atoms with van der Waals surface area (Å²) >= 11 is 0. The number of rotatable bonds is 4. The van der Waals surface area contributed by atoms with Gasteiger partial charge >= 0.3 is 5.97 Å². The van der Waals surface area contributed by atoms with Crippen LogP contribution in [0.3, 0.4) is 0 Å². The summed E-state index contributed by atoms with van der Waals surface area (Å²) < 4.78 is 10.2. The van der Waals surface area contributed by atoms with Crippen LogP contribution >= 0.6 is 0 Å². The van der Waals surface area contributed by atoms with Crippen LogP contribution in [-0.2, 0) is 6.54 Å². The minimum Gasteiger partial charge on any atom is -0.478 e. The van der Waals surface area contributed by atoms with Crippen LogP contribution in [0.25, 0.3) is 0 Å². The third-order valence-corrected chi connectivity index (χ3v) is 2.88. The van der Waals surface area contributed by atoms with Crippen LogP contribution in [0, 0.1) is 20.8 Å². The van der Waals surface area contributed by atoms with Crippen molar-refractivity contribution in [1.29, 1.82) is 0 Å². The average Bonchev–Trinajstić information content (AvgIpc) is 2.90. The number of aromatic carboxylic acids is 1. The summed E-state index contributed by atoms with van der Waals surface area (Å²) in [5.41, 5.74) is 0.972. The number of carbonyl (C=O) groups excluding carboxylic acids is 1. The van der Waals surface area contributed by atoms with Crippen molar-refractivity contribution in [2.75, 3.05) is 0 Å². The monoisotopic (exact) mass is 278 g/mol. The van der Waals surface area contributed by atoms with E-state index in [1.807, 2.05) is 0 Å². The Morgan fingerprint density at radius 2 is 2.00 bits per heavy atom. The van der Waals surface area contributed by atoms with Crippen molar-refractivity contribution in [1.82, 2.24) is 10.5 Å². The van der Waals surface area contributed by atoms with E-state index in [0.29, 0.717) is 28.5 Å². The second-order valence-electron chi connectivity index (χ2n) is 4.37. The molecule has 0 aromatic carbocycles. The normalized spacial score (nSPS) is 10.6. The van der Waals surface area contributed by atoms with Gasteiger partial charge in [-0.05, 0) is 26.8 Å². The fourth-order valence-electron chi connectivity index (χ4n) is 1.91. The molecule has 0 saturated heterocycles. The standard InChI is InChI=1S/C13H14N2O5/c1-6-11(8(3)20-15-6)12(16)14-5-9-4-10(13(17)18)7(2)19-9/h4H,5H2,1-3H3,(H,14,16)(H,17,18). The Labute approximate surface area is 114 Å². The third kappa shape index (κ3) is 2.56. The van der Waals surface area contributed by atoms with Gasteiger partial charge in [-0.1, -0.05) is 5.16 Å². The van der Waals surface area contributed by atoms with E-state index in [9.17, 15) is 9.59 Å². The number of aromatic nitrogens is 1. The highest BCUT2D eigenvalue weighted by atomic mass is 16.5. The van der Waals surface area contributed by atoms with Gasteiger partial charge in [-0.25, -0.2) is 4.79 Å². The van der Waals surface area contributed by atoms with Gasteiger partial charge in [-0.2, -0.15) is 0 Å². The summed E-state index contributed by atoms with van der Waals surface area (Å²) in [5, 5.41) is 15.2. The van der Waals surface area contributed by atoms with E-state index in [0.717, 1.165) is 0 Å². The highest BCUT2D eigenvalue weighted by Gasteiger charge is 2.18. The van der Waals surface area contributed by atoms with Crippen LogP contribution in [0.1, 0.15) is 43.7 Å². The number of hydrogen-bond acceptors (Lipinski definition) is 5. The topological polar surface area (TPSA) is 106 Å². The van der Waals surface area contributed by atoms with Gasteiger partial charge in [-0.3, -0.25) is 4.79 Å². The molecule has 0 bridgehead atoms. The second kappa shape index (κ2) is 5.20. The maximum atomic E-state index is 12.0. The van der Waals surface area contributed by atoms with E-state index in [1.165, 1.54) is 6.07 Å². The van der Waals surface area contributed by atoms with Gasteiger partial charge in [0.2, 0.25) is 0 Å². The highest BCUT2D eigenvalue weighted by molar-refractivity contribution is 5.96. The minimum absolute atomic E-state index is 0.0894. The molecule has 0 radical (unpaired) electrons. The number of aryl methyl sites for hydroxylation is 3. The zero-order chi connectivity index (χ0) is 14.9. The molecule has 7 nitrogen and oxygen atoms in total. The lowest BCUT2D eigenvalue weighted by molar-refractivity contribution is 0.0694. The Hall–Kier alpha value is -2.57. The second-order valence-corrected chi connectivity index (χ2v) is 4.37. The first-order valence-electron chi connectivity index (χ1n) is 5.93. The molecule has 0 unspecified atom stereocenters. The van der Waals surface area contributed by atoms with Crippen molar-refractivity contribution in [3.8, 4) is 0 Å². The van der Waals surface area contributed by atoms with Crippen LogP contribution in [0.4, 0.5) is 0 Å². The molecular formula is C13H14N2O5. The number of nitrogens with zero attached hydrogens (tertiary/aromatic N) is 1. The van der Waals surface area contributed by atoms with Gasteiger partial charge in [0.25, 0.3) is 5.91 Å². The molecule has 2 heterocycles. The molecule has 20 heavy (non-hydrogen) atoms. The largest absolute Gasteiger partial charge is 0.478 e. The van der Waals surface area contributed by atoms with Gasteiger partial charge in [-0.15, -0.1) is 0 Å². The summed E-state index contributed by atoms with van der Waals surface area (Å²) in [6, 6.07) is 1.39. The van der Waals surface area contributed by atoms with Crippen molar-refractivity contribution in [2.45, 2.75) is 27.3 Å². The van der Waals surface area contributed by atoms with Crippen molar-refractivity contribution < 1.29 is 23.6 Å². The Balaban J connectivity index is 2.08. The molecule has 2 aromatic heterocycles. The molecule has 0 aliphatic rings. The molecule has 1 amide bonds. The SMILES string of the molecule is Cc1noc(C)c1C(=O)NCc1cc(C(=O)O)c(C)o1. The predicted molar refractivity (Wildman–Crippen MR) is 67.6 cm³/mol. The molecule has 0 fully saturated rings. The molecule has 0 saturated carbocycles. The van der Waals surface area contributed by atoms with Gasteiger partial charge in [0.15, 0.2) is 0 Å². The van der Waals surface area contributed by atoms with Crippen LogP contribution in [-0.4, -0.2) is 22.1 Å². The molecular weight excluding hydrogens is 264 g/mol. The van der Waals surface area contributed by atoms with E-state index in [4.69, 9.17) is 14.0 Å². The number of carbonyl (C=O) groups is 2. The Bertz CT molecular complexity index is 649. The van der Waals surface area contributed by atoms with E-state index < -0.39 is 5.97 Å². The summed E-state index contributed by atoms with van der Waals surface area (Å²) in [5.74, 6) is -0.289. The first-order chi connectivity index (χ1) is 9.40. The number of hydrogen-bond donors (Lipinski definition) is 2. The van der Waals surface area contributed by atoms with E-state index in [2.05, 4.69) is 10.5 Å². The maximum absolute atomic E-state index is 12.0. The van der Waals surface area contributed by atoms with Crippen LogP contribution < -0.4 is 5.32 Å². The first kappa shape index (κ1) is 13.9. The lowest BCUT2D eigenvalue weighted by atomic mass is 10.2. The van der Waals surface area contributed by atoms with E-state index >= 15 is 0 Å². The summed E-state index contributed by atoms with van der Waals surface area (Å²) in [6.45, 7) is 4.97. The van der Waals surface area contributed by atoms with Crippen molar-refractivity contribution in [2.24, 2.45) is 0 Å². The molecule has 2 aromatic rings. The van der Waals surface area contributed by atoms with Gasteiger partial charge in [0.1, 0.15) is 28.4 Å². The molecule has 0 atom stereocenters. The molecule has 0 spiro atoms. The van der Waals surface area contributed by atoms with Gasteiger partial charge in [0.05, 0.1) is 12.2 Å². The van der Waals surface area contributed by atoms with Gasteiger partial charge < -0.3 is 19.4 Å². The minimum atomic E-state index is -1.06. The Morgan fingerprint density at radius 3 is 2.50 bits per heavy atom. The molecule has 0 aliphatic carbocycles. The van der Waals surface area contributed by atoms with Crippen molar-refractivity contribution >= 4 is 11.9 Å². The van der Waals surface area contributed by atoms with Gasteiger partial charge in [0, 0.05) is 0 Å². The zero-order valence-electron chi connectivity index (χ0n) is 11.3. The lowest BCUT2D eigenvalue weighted by Gasteiger charge is -2.02. The molecule has 2 rings (SSSR count). The van der Waals surface area contributed by atoms with E-state index in [1.54, 1.807) is 20.8 Å². The smallest absolute Gasteiger partial charge is 0.339 e. The predicted octanol–water partition coefficient (Wildman–Crippen LogP) is 1.82. The van der Waals surface area contributed by atoms with Crippen LogP contribution in [0.5, 0.6) is 0 Å².